The first-order valence-corrected chi connectivity index (χ1v) is 7.17. The molecule has 4 nitrogen and oxygen atoms in total. The van der Waals surface area contributed by atoms with Gasteiger partial charge in [-0.25, -0.2) is 0 Å². The highest BCUT2D eigenvalue weighted by Gasteiger charge is 2.36. The molecular formula is C16H20N2O2. The molecule has 0 atom stereocenters. The van der Waals surface area contributed by atoms with Gasteiger partial charge in [0.25, 0.3) is 11.8 Å². The lowest BCUT2D eigenvalue weighted by atomic mass is 10.0. The van der Waals surface area contributed by atoms with Crippen molar-refractivity contribution >= 4 is 11.8 Å². The molecule has 0 saturated carbocycles. The Balaban J connectivity index is 2.22. The second-order valence-electron chi connectivity index (χ2n) is 4.97. The van der Waals surface area contributed by atoms with Gasteiger partial charge in [-0.2, -0.15) is 0 Å². The molecule has 106 valence electrons. The molecule has 0 radical (unpaired) electrons. The molecule has 1 aromatic heterocycles. The van der Waals surface area contributed by atoms with Crippen molar-refractivity contribution in [3.8, 4) is 0 Å². The molecule has 0 N–H and O–H groups in total. The van der Waals surface area contributed by atoms with Crippen LogP contribution < -0.4 is 0 Å². The summed E-state index contributed by atoms with van der Waals surface area (Å²) in [5.74, 6) is -0.267. The van der Waals surface area contributed by atoms with E-state index in [0.29, 0.717) is 24.0 Å². The van der Waals surface area contributed by atoms with Crippen LogP contribution in [0.5, 0.6) is 0 Å². The van der Waals surface area contributed by atoms with Crippen LogP contribution in [0.1, 0.15) is 45.2 Å². The van der Waals surface area contributed by atoms with Gasteiger partial charge in [0.05, 0.1) is 12.2 Å². The van der Waals surface area contributed by atoms with Gasteiger partial charge in [0.15, 0.2) is 0 Å². The first-order chi connectivity index (χ1) is 9.69. The summed E-state index contributed by atoms with van der Waals surface area (Å²) in [6, 6.07) is 5.51. The van der Waals surface area contributed by atoms with Gasteiger partial charge in [-0.1, -0.05) is 32.8 Å². The summed E-state index contributed by atoms with van der Waals surface area (Å²) in [5.41, 5.74) is 2.15. The number of imide groups is 1. The van der Waals surface area contributed by atoms with E-state index < -0.39 is 0 Å². The first-order valence-electron chi connectivity index (χ1n) is 7.17. The van der Waals surface area contributed by atoms with E-state index in [-0.39, 0.29) is 18.4 Å². The molecule has 2 heterocycles. The summed E-state index contributed by atoms with van der Waals surface area (Å²) >= 11 is 0. The van der Waals surface area contributed by atoms with Gasteiger partial charge in [0.2, 0.25) is 0 Å². The van der Waals surface area contributed by atoms with Gasteiger partial charge in [-0.3, -0.25) is 19.5 Å². The lowest BCUT2D eigenvalue weighted by Crippen LogP contribution is -2.31. The molecule has 0 aliphatic carbocycles. The van der Waals surface area contributed by atoms with E-state index >= 15 is 0 Å². The molecule has 20 heavy (non-hydrogen) atoms. The largest absolute Gasteiger partial charge is 0.269 e. The maximum Gasteiger partial charge on any atom is 0.257 e. The third-order valence-electron chi connectivity index (χ3n) is 3.42. The minimum Gasteiger partial charge on any atom is -0.269 e. The topological polar surface area (TPSA) is 50.3 Å². The van der Waals surface area contributed by atoms with Crippen LogP contribution in [0, 0.1) is 0 Å². The van der Waals surface area contributed by atoms with Crippen molar-refractivity contribution in [1.82, 2.24) is 9.88 Å². The predicted molar refractivity (Wildman–Crippen MR) is 76.6 cm³/mol. The number of nitrogens with zero attached hydrogens (tertiary/aromatic N) is 2. The van der Waals surface area contributed by atoms with Gasteiger partial charge in [0, 0.05) is 17.3 Å². The van der Waals surface area contributed by atoms with Gasteiger partial charge in [-0.15, -0.1) is 0 Å². The molecule has 0 spiro atoms. The van der Waals surface area contributed by atoms with Gasteiger partial charge in [0.1, 0.15) is 0 Å². The van der Waals surface area contributed by atoms with Crippen molar-refractivity contribution < 1.29 is 9.59 Å². The van der Waals surface area contributed by atoms with Crippen LogP contribution >= 0.6 is 0 Å². The van der Waals surface area contributed by atoms with E-state index in [9.17, 15) is 9.59 Å². The molecule has 1 aliphatic rings. The quantitative estimate of drug-likeness (QED) is 0.748. The van der Waals surface area contributed by atoms with Crippen LogP contribution in [0.25, 0.3) is 0 Å². The Kier molecular flexibility index (Phi) is 4.66. The van der Waals surface area contributed by atoms with Crippen molar-refractivity contribution in [2.45, 2.75) is 46.1 Å². The smallest absolute Gasteiger partial charge is 0.257 e. The molecule has 0 aromatic carbocycles. The van der Waals surface area contributed by atoms with Crippen molar-refractivity contribution in [1.29, 1.82) is 0 Å². The standard InChI is InChI=1S/C16H20N2O2/c1-3-7-13-14(8-4-2)16(20)18(15(13)19)11-12-9-5-6-10-17-12/h5-6,9-10H,3-4,7-8,11H2,1-2H3. The van der Waals surface area contributed by atoms with Gasteiger partial charge >= 0.3 is 0 Å². The fourth-order valence-corrected chi connectivity index (χ4v) is 2.49. The second kappa shape index (κ2) is 6.46. The Morgan fingerprint density at radius 2 is 1.60 bits per heavy atom. The number of hydrogen-bond acceptors (Lipinski definition) is 3. The van der Waals surface area contributed by atoms with Crippen LogP contribution in [0.15, 0.2) is 35.5 Å². The molecular weight excluding hydrogens is 252 g/mol. The summed E-state index contributed by atoms with van der Waals surface area (Å²) in [6.07, 6.45) is 4.78. The van der Waals surface area contributed by atoms with Crippen LogP contribution in [0.2, 0.25) is 0 Å². The van der Waals surface area contributed by atoms with E-state index in [0.717, 1.165) is 18.5 Å². The average molecular weight is 272 g/mol. The van der Waals surface area contributed by atoms with Crippen molar-refractivity contribution in [2.24, 2.45) is 0 Å². The highest BCUT2D eigenvalue weighted by Crippen LogP contribution is 2.28. The molecule has 0 saturated heterocycles. The van der Waals surface area contributed by atoms with E-state index in [1.54, 1.807) is 6.20 Å². The third-order valence-corrected chi connectivity index (χ3v) is 3.42. The monoisotopic (exact) mass is 272 g/mol. The highest BCUT2D eigenvalue weighted by atomic mass is 16.2. The zero-order valence-corrected chi connectivity index (χ0v) is 12.1. The predicted octanol–water partition coefficient (Wildman–Crippen LogP) is 2.85. The molecule has 2 amide bonds. The van der Waals surface area contributed by atoms with Crippen molar-refractivity contribution in [3.63, 3.8) is 0 Å². The normalized spacial score (nSPS) is 15.4. The van der Waals surface area contributed by atoms with E-state index in [1.807, 2.05) is 32.0 Å². The Morgan fingerprint density at radius 1 is 1.00 bits per heavy atom. The fourth-order valence-electron chi connectivity index (χ4n) is 2.49. The number of rotatable bonds is 6. The number of carbonyl (C=O) groups excluding carboxylic acids is 2. The van der Waals surface area contributed by atoms with Gasteiger partial charge < -0.3 is 0 Å². The number of hydrogen-bond donors (Lipinski definition) is 0. The first kappa shape index (κ1) is 14.4. The minimum absolute atomic E-state index is 0.133. The zero-order chi connectivity index (χ0) is 14.5. The summed E-state index contributed by atoms with van der Waals surface area (Å²) in [6.45, 7) is 4.31. The Morgan fingerprint density at radius 3 is 2.05 bits per heavy atom. The third kappa shape index (κ3) is 2.79. The molecule has 1 aliphatic heterocycles. The van der Waals surface area contributed by atoms with Crippen LogP contribution in [0.3, 0.4) is 0 Å². The Hall–Kier alpha value is -1.97. The molecule has 1 aromatic rings. The molecule has 2 rings (SSSR count). The summed E-state index contributed by atoms with van der Waals surface area (Å²) in [4.78, 5) is 30.3. The summed E-state index contributed by atoms with van der Waals surface area (Å²) < 4.78 is 0. The molecule has 4 heteroatoms. The van der Waals surface area contributed by atoms with E-state index in [4.69, 9.17) is 0 Å². The molecule has 0 unspecified atom stereocenters. The van der Waals surface area contributed by atoms with Crippen LogP contribution in [-0.2, 0) is 16.1 Å². The Bertz CT molecular complexity index is 507. The maximum absolute atomic E-state index is 12.4. The Labute approximate surface area is 119 Å². The van der Waals surface area contributed by atoms with Crippen molar-refractivity contribution in [2.75, 3.05) is 0 Å². The second-order valence-corrected chi connectivity index (χ2v) is 4.97. The van der Waals surface area contributed by atoms with E-state index in [2.05, 4.69) is 4.98 Å². The van der Waals surface area contributed by atoms with Crippen LogP contribution in [-0.4, -0.2) is 21.7 Å². The zero-order valence-electron chi connectivity index (χ0n) is 12.1. The lowest BCUT2D eigenvalue weighted by Gasteiger charge is -2.14. The van der Waals surface area contributed by atoms with E-state index in [1.165, 1.54) is 4.90 Å². The number of amides is 2. The lowest BCUT2D eigenvalue weighted by molar-refractivity contribution is -0.138. The summed E-state index contributed by atoms with van der Waals surface area (Å²) in [5, 5.41) is 0. The van der Waals surface area contributed by atoms with Gasteiger partial charge in [-0.05, 0) is 25.0 Å². The van der Waals surface area contributed by atoms with Crippen molar-refractivity contribution in [3.05, 3.63) is 41.2 Å². The average Bonchev–Trinajstić information content (AvgIpc) is 2.67. The fraction of sp³-hybridized carbons (Fsp3) is 0.438. The van der Waals surface area contributed by atoms with Crippen LogP contribution in [0.4, 0.5) is 0 Å². The number of carbonyl (C=O) groups is 2. The number of aromatic nitrogens is 1. The molecule has 0 fully saturated rings. The molecule has 0 bridgehead atoms. The SMILES string of the molecule is CCCC1=C(CCC)C(=O)N(Cc2ccccn2)C1=O. The maximum atomic E-state index is 12.4. The highest BCUT2D eigenvalue weighted by molar-refractivity contribution is 6.19. The minimum atomic E-state index is -0.133. The summed E-state index contributed by atoms with van der Waals surface area (Å²) in [7, 11) is 0. The number of pyridine rings is 1.